The Morgan fingerprint density at radius 1 is 0.837 bits per heavy atom. The number of carbonyl (C=O) groups excluding carboxylic acids is 1. The smallest absolute Gasteiger partial charge is 0.308 e. The molecule has 0 saturated heterocycles. The molecular formula is C38H64N4O5S2. The number of ether oxygens (including phenoxy) is 2. The van der Waals surface area contributed by atoms with Crippen molar-refractivity contribution < 1.29 is 22.7 Å². The number of nitrogens with one attached hydrogen (secondary N) is 1. The van der Waals surface area contributed by atoms with Gasteiger partial charge in [0.2, 0.25) is 15.9 Å². The van der Waals surface area contributed by atoms with E-state index in [1.165, 1.54) is 18.9 Å². The standard InChI is InChI=1S/C15H14N2OS.C9H14N2O2S.C9H16O2.5CH4/c1-10(2)18-15-14(13-8-5-9-19-13)16-11-6-3-4-7-12(11)17-15;1-7(2)11-14(12,13)9-6-4-3-5-8(9)10;1-7(2)9(10)11-8-5-3-4-6-8;;;;;/h3-10H,1-2H3;3-7,11H,10H2,1-2H3;7-8H,3-6H2,1-2H3;5*1H4. The number of anilines is 1. The van der Waals surface area contributed by atoms with Crippen LogP contribution in [0, 0.1) is 5.92 Å². The number of thiophene rings is 1. The zero-order valence-electron chi connectivity index (χ0n) is 26.3. The number of fused-ring (bicyclic) bond motifs is 1. The second-order valence-corrected chi connectivity index (χ2v) is 14.0. The van der Waals surface area contributed by atoms with Gasteiger partial charge < -0.3 is 15.2 Å². The van der Waals surface area contributed by atoms with Crippen LogP contribution in [0.4, 0.5) is 5.69 Å². The quantitative estimate of drug-likeness (QED) is 0.136. The second kappa shape index (κ2) is 23.8. The van der Waals surface area contributed by atoms with E-state index in [4.69, 9.17) is 20.2 Å². The number of hydrogen-bond acceptors (Lipinski definition) is 9. The van der Waals surface area contributed by atoms with Crippen LogP contribution < -0.4 is 15.2 Å². The largest absolute Gasteiger partial charge is 0.473 e. The van der Waals surface area contributed by atoms with Crippen molar-refractivity contribution in [2.24, 2.45) is 5.92 Å². The van der Waals surface area contributed by atoms with E-state index in [1.807, 2.05) is 69.5 Å². The molecule has 1 aliphatic carbocycles. The highest BCUT2D eigenvalue weighted by molar-refractivity contribution is 7.89. The van der Waals surface area contributed by atoms with Crippen molar-refractivity contribution in [1.29, 1.82) is 0 Å². The fourth-order valence-corrected chi connectivity index (χ4v) is 6.36. The predicted molar refractivity (Wildman–Crippen MR) is 212 cm³/mol. The van der Waals surface area contributed by atoms with Crippen LogP contribution in [0.15, 0.2) is 70.9 Å². The molecule has 0 spiro atoms. The molecule has 4 aromatic rings. The Hall–Kier alpha value is -3.54. The van der Waals surface area contributed by atoms with Gasteiger partial charge in [0.05, 0.1) is 33.6 Å². The number of para-hydroxylation sites is 3. The summed E-state index contributed by atoms with van der Waals surface area (Å²) in [4.78, 5) is 21.6. The van der Waals surface area contributed by atoms with Crippen molar-refractivity contribution >= 4 is 44.1 Å². The molecule has 1 aliphatic rings. The van der Waals surface area contributed by atoms with Crippen LogP contribution in [0.25, 0.3) is 21.6 Å². The fourth-order valence-electron chi connectivity index (χ4n) is 4.27. The number of nitrogens with two attached hydrogens (primary N) is 1. The Kier molecular flexibility index (Phi) is 24.2. The SMILES string of the molecule is C.C.C.C.C.CC(C)C(=O)OC1CCCC1.CC(C)NS(=O)(=O)c1ccccc1N.CC(C)Oc1nc2ccccc2nc1-c1cccs1. The number of carbonyl (C=O) groups is 1. The molecule has 5 rings (SSSR count). The summed E-state index contributed by atoms with van der Waals surface area (Å²) in [6, 6.07) is 18.2. The molecule has 11 heteroatoms. The highest BCUT2D eigenvalue weighted by atomic mass is 32.2. The number of esters is 1. The van der Waals surface area contributed by atoms with Crippen LogP contribution in [0.3, 0.4) is 0 Å². The summed E-state index contributed by atoms with van der Waals surface area (Å²) in [5.41, 5.74) is 8.40. The summed E-state index contributed by atoms with van der Waals surface area (Å²) in [5.74, 6) is 0.587. The number of sulfonamides is 1. The molecule has 0 unspecified atom stereocenters. The third-order valence-corrected chi connectivity index (χ3v) is 8.91. The molecule has 1 saturated carbocycles. The van der Waals surface area contributed by atoms with Crippen LogP contribution in [-0.2, 0) is 19.6 Å². The van der Waals surface area contributed by atoms with E-state index >= 15 is 0 Å². The minimum atomic E-state index is -3.47. The molecule has 0 aliphatic heterocycles. The van der Waals surface area contributed by atoms with Gasteiger partial charge in [0.25, 0.3) is 0 Å². The predicted octanol–water partition coefficient (Wildman–Crippen LogP) is 10.4. The van der Waals surface area contributed by atoms with Gasteiger partial charge in [-0.3, -0.25) is 4.79 Å². The van der Waals surface area contributed by atoms with E-state index in [9.17, 15) is 13.2 Å². The van der Waals surface area contributed by atoms with Gasteiger partial charge in [0.1, 0.15) is 16.7 Å². The molecule has 1 fully saturated rings. The summed E-state index contributed by atoms with van der Waals surface area (Å²) in [6.07, 6.45) is 4.88. The molecule has 49 heavy (non-hydrogen) atoms. The van der Waals surface area contributed by atoms with E-state index in [-0.39, 0.29) is 77.9 Å². The first-order chi connectivity index (χ1) is 20.9. The average Bonchev–Trinajstić information content (AvgIpc) is 3.67. The van der Waals surface area contributed by atoms with Gasteiger partial charge in [-0.25, -0.2) is 23.1 Å². The summed E-state index contributed by atoms with van der Waals surface area (Å²) >= 11 is 1.64. The molecular weight excluding hydrogens is 657 g/mol. The van der Waals surface area contributed by atoms with Crippen molar-refractivity contribution in [3.05, 3.63) is 66.0 Å². The maximum atomic E-state index is 11.7. The average molecular weight is 721 g/mol. The molecule has 3 N–H and O–H groups in total. The van der Waals surface area contributed by atoms with Crippen LogP contribution in [0.5, 0.6) is 5.88 Å². The highest BCUT2D eigenvalue weighted by Crippen LogP contribution is 2.32. The van der Waals surface area contributed by atoms with Gasteiger partial charge in [-0.15, -0.1) is 11.3 Å². The van der Waals surface area contributed by atoms with Gasteiger partial charge >= 0.3 is 5.97 Å². The molecule has 0 atom stereocenters. The Balaban J connectivity index is -0.000000639. The molecule has 2 aromatic heterocycles. The molecule has 278 valence electrons. The third kappa shape index (κ3) is 15.7. The highest BCUT2D eigenvalue weighted by Gasteiger charge is 2.20. The monoisotopic (exact) mass is 720 g/mol. The minimum Gasteiger partial charge on any atom is -0.473 e. The van der Waals surface area contributed by atoms with Gasteiger partial charge in [0, 0.05) is 6.04 Å². The Labute approximate surface area is 302 Å². The van der Waals surface area contributed by atoms with Crippen molar-refractivity contribution in [3.63, 3.8) is 0 Å². The second-order valence-electron chi connectivity index (χ2n) is 11.3. The third-order valence-electron chi connectivity index (χ3n) is 6.30. The number of nitrogens with zero attached hydrogens (tertiary/aromatic N) is 2. The van der Waals surface area contributed by atoms with Crippen LogP contribution >= 0.6 is 11.3 Å². The fraction of sp³-hybridized carbons (Fsp3) is 0.500. The van der Waals surface area contributed by atoms with E-state index in [2.05, 4.69) is 9.71 Å². The van der Waals surface area contributed by atoms with Crippen LogP contribution in [0.2, 0.25) is 0 Å². The zero-order chi connectivity index (χ0) is 32.3. The van der Waals surface area contributed by atoms with E-state index in [0.29, 0.717) is 5.88 Å². The van der Waals surface area contributed by atoms with Gasteiger partial charge in [-0.05, 0) is 89.1 Å². The lowest BCUT2D eigenvalue weighted by molar-refractivity contribution is -0.152. The zero-order valence-corrected chi connectivity index (χ0v) is 28.0. The van der Waals surface area contributed by atoms with E-state index < -0.39 is 10.0 Å². The maximum Gasteiger partial charge on any atom is 0.308 e. The number of nitrogen functional groups attached to an aromatic ring is 1. The molecule has 0 radical (unpaired) electrons. The topological polar surface area (TPSA) is 134 Å². The van der Waals surface area contributed by atoms with E-state index in [1.54, 1.807) is 43.4 Å². The van der Waals surface area contributed by atoms with Gasteiger partial charge in [-0.2, -0.15) is 0 Å². The Bertz CT molecular complexity index is 1580. The lowest BCUT2D eigenvalue weighted by Crippen LogP contribution is -2.30. The first kappa shape index (κ1) is 49.8. The van der Waals surface area contributed by atoms with Crippen LogP contribution in [-0.4, -0.2) is 42.6 Å². The van der Waals surface area contributed by atoms with Crippen molar-refractivity contribution in [1.82, 2.24) is 14.7 Å². The molecule has 9 nitrogen and oxygen atoms in total. The Morgan fingerprint density at radius 3 is 1.88 bits per heavy atom. The lowest BCUT2D eigenvalue weighted by atomic mass is 10.2. The molecule has 0 bridgehead atoms. The van der Waals surface area contributed by atoms with Crippen LogP contribution in [0.1, 0.15) is 104 Å². The summed E-state index contributed by atoms with van der Waals surface area (Å²) < 4.78 is 36.9. The number of benzene rings is 2. The van der Waals surface area contributed by atoms with E-state index in [0.717, 1.165) is 34.4 Å². The normalized spacial score (nSPS) is 12.0. The van der Waals surface area contributed by atoms with Crippen molar-refractivity contribution in [2.45, 2.75) is 128 Å². The first-order valence-corrected chi connectivity index (χ1v) is 17.3. The van der Waals surface area contributed by atoms with Gasteiger partial charge in [0.15, 0.2) is 0 Å². The Morgan fingerprint density at radius 2 is 1.39 bits per heavy atom. The van der Waals surface area contributed by atoms with Crippen molar-refractivity contribution in [2.75, 3.05) is 5.73 Å². The van der Waals surface area contributed by atoms with Gasteiger partial charge in [-0.1, -0.05) is 81.3 Å². The number of hydrogen-bond donors (Lipinski definition) is 2. The number of aromatic nitrogens is 2. The van der Waals surface area contributed by atoms with Crippen molar-refractivity contribution in [3.8, 4) is 16.5 Å². The summed E-state index contributed by atoms with van der Waals surface area (Å²) in [6.45, 7) is 11.3. The number of rotatable bonds is 8. The summed E-state index contributed by atoms with van der Waals surface area (Å²) in [7, 11) is -3.47. The minimum absolute atomic E-state index is 0. The molecule has 0 amide bonds. The first-order valence-electron chi connectivity index (χ1n) is 14.9. The lowest BCUT2D eigenvalue weighted by Gasteiger charge is -2.12. The molecule has 2 aromatic carbocycles. The maximum absolute atomic E-state index is 11.7. The molecule has 2 heterocycles. The summed E-state index contributed by atoms with van der Waals surface area (Å²) in [5, 5.41) is 2.03.